The summed E-state index contributed by atoms with van der Waals surface area (Å²) in [6.45, 7) is 0. The summed E-state index contributed by atoms with van der Waals surface area (Å²) in [6.07, 6.45) is 6.39. The maximum Gasteiger partial charge on any atom is 0.164 e. The second-order valence-corrected chi connectivity index (χ2v) is 17.0. The van der Waals surface area contributed by atoms with Gasteiger partial charge in [0.1, 0.15) is 22.3 Å². The third kappa shape index (κ3) is 5.51. The highest BCUT2D eigenvalue weighted by Crippen LogP contribution is 2.56. The number of hydrogen-bond donors (Lipinski definition) is 0. The van der Waals surface area contributed by atoms with Gasteiger partial charge < -0.3 is 8.83 Å². The minimum atomic E-state index is 0.153. The van der Waals surface area contributed by atoms with Gasteiger partial charge in [-0.15, -0.1) is 0 Å². The third-order valence-electron chi connectivity index (χ3n) is 13.5. The summed E-state index contributed by atoms with van der Waals surface area (Å²) < 4.78 is 12.4. The summed E-state index contributed by atoms with van der Waals surface area (Å²) >= 11 is 0. The Morgan fingerprint density at radius 2 is 0.774 bits per heavy atom. The molecule has 5 nitrogen and oxygen atoms in total. The fourth-order valence-electron chi connectivity index (χ4n) is 10.5. The summed E-state index contributed by atoms with van der Waals surface area (Å²) in [7, 11) is 0. The van der Waals surface area contributed by atoms with E-state index in [1.165, 1.54) is 65.5 Å². The second kappa shape index (κ2) is 13.7. The van der Waals surface area contributed by atoms with E-state index in [4.69, 9.17) is 23.8 Å². The molecule has 0 bridgehead atoms. The summed E-state index contributed by atoms with van der Waals surface area (Å²) in [5.74, 6) is 1.79. The molecule has 5 heteroatoms. The molecule has 2 aliphatic rings. The Bertz CT molecular complexity index is 3460. The maximum atomic E-state index is 6.18. The topological polar surface area (TPSA) is 65.0 Å². The molecule has 0 saturated heterocycles. The first kappa shape index (κ1) is 35.2. The van der Waals surface area contributed by atoms with Crippen molar-refractivity contribution in [2.45, 2.75) is 37.5 Å². The number of para-hydroxylation sites is 2. The SMILES string of the molecule is c1cc(-c2cccc(-c3nc(-c4ccc5oc6ccccc6c5c4)nc(-c4ccc5oc6ccccc6c5c4)n3)c2)cc(-c2ccc3c(c2)-c2ccccc2C32CCCCC2)c1. The van der Waals surface area contributed by atoms with Gasteiger partial charge in [-0.3, -0.25) is 0 Å². The van der Waals surface area contributed by atoms with Crippen molar-refractivity contribution in [3.05, 3.63) is 187 Å². The Balaban J connectivity index is 0.916. The van der Waals surface area contributed by atoms with Crippen LogP contribution in [-0.4, -0.2) is 15.0 Å². The summed E-state index contributed by atoms with van der Waals surface area (Å²) in [5.41, 5.74) is 16.7. The number of benzene rings is 8. The zero-order valence-electron chi connectivity index (χ0n) is 33.9. The van der Waals surface area contributed by atoms with Crippen molar-refractivity contribution in [2.24, 2.45) is 0 Å². The molecule has 0 atom stereocenters. The van der Waals surface area contributed by atoms with E-state index in [0.29, 0.717) is 17.5 Å². The van der Waals surface area contributed by atoms with Crippen molar-refractivity contribution in [2.75, 3.05) is 0 Å². The third-order valence-corrected chi connectivity index (χ3v) is 13.5. The molecule has 1 fully saturated rings. The molecule has 0 N–H and O–H groups in total. The number of fused-ring (bicyclic) bond motifs is 11. The fraction of sp³-hybridized carbons (Fsp3) is 0.105. The van der Waals surface area contributed by atoms with E-state index in [9.17, 15) is 0 Å². The van der Waals surface area contributed by atoms with Gasteiger partial charge in [0, 0.05) is 43.7 Å². The number of aromatic nitrogens is 3. The zero-order chi connectivity index (χ0) is 40.8. The molecule has 3 aromatic heterocycles. The monoisotopic (exact) mass is 797 g/mol. The molecular weight excluding hydrogens is 759 g/mol. The van der Waals surface area contributed by atoms with Crippen LogP contribution in [0.25, 0.3) is 111 Å². The number of furan rings is 2. The first-order chi connectivity index (χ1) is 30.6. The molecular formula is C57H39N3O2. The Hall–Kier alpha value is -7.63. The van der Waals surface area contributed by atoms with Crippen LogP contribution in [0.1, 0.15) is 43.2 Å². The van der Waals surface area contributed by atoms with Crippen LogP contribution in [0.3, 0.4) is 0 Å². The van der Waals surface area contributed by atoms with Crippen molar-refractivity contribution >= 4 is 43.9 Å². The van der Waals surface area contributed by atoms with Gasteiger partial charge in [0.05, 0.1) is 0 Å². The van der Waals surface area contributed by atoms with Crippen molar-refractivity contribution in [3.63, 3.8) is 0 Å². The highest BCUT2D eigenvalue weighted by Gasteiger charge is 2.43. The van der Waals surface area contributed by atoms with Gasteiger partial charge in [0.25, 0.3) is 0 Å². The van der Waals surface area contributed by atoms with Gasteiger partial charge >= 0.3 is 0 Å². The van der Waals surface area contributed by atoms with E-state index in [1.54, 1.807) is 0 Å². The fourth-order valence-corrected chi connectivity index (χ4v) is 10.5. The van der Waals surface area contributed by atoms with Gasteiger partial charge in [-0.1, -0.05) is 128 Å². The van der Waals surface area contributed by atoms with Crippen LogP contribution in [0.5, 0.6) is 0 Å². The molecule has 8 aromatic carbocycles. The van der Waals surface area contributed by atoms with E-state index in [0.717, 1.165) is 71.7 Å². The molecule has 0 amide bonds. The average molecular weight is 798 g/mol. The Kier molecular flexibility index (Phi) is 7.77. The second-order valence-electron chi connectivity index (χ2n) is 17.0. The molecule has 13 rings (SSSR count). The highest BCUT2D eigenvalue weighted by atomic mass is 16.3. The molecule has 2 aliphatic carbocycles. The van der Waals surface area contributed by atoms with Gasteiger partial charge in [-0.25, -0.2) is 15.0 Å². The van der Waals surface area contributed by atoms with E-state index < -0.39 is 0 Å². The molecule has 0 radical (unpaired) electrons. The lowest BCUT2D eigenvalue weighted by atomic mass is 9.68. The highest BCUT2D eigenvalue weighted by molar-refractivity contribution is 6.07. The molecule has 3 heterocycles. The van der Waals surface area contributed by atoms with Crippen LogP contribution in [0.2, 0.25) is 0 Å². The quantitative estimate of drug-likeness (QED) is 0.174. The summed E-state index contributed by atoms with van der Waals surface area (Å²) in [6, 6.07) is 62.5. The van der Waals surface area contributed by atoms with Gasteiger partial charge in [0.15, 0.2) is 17.5 Å². The lowest BCUT2D eigenvalue weighted by Crippen LogP contribution is -2.27. The predicted octanol–water partition coefficient (Wildman–Crippen LogP) is 15.2. The predicted molar refractivity (Wildman–Crippen MR) is 251 cm³/mol. The van der Waals surface area contributed by atoms with Gasteiger partial charge in [0.2, 0.25) is 0 Å². The molecule has 0 unspecified atom stereocenters. The first-order valence-corrected chi connectivity index (χ1v) is 21.7. The number of rotatable bonds is 5. The first-order valence-electron chi connectivity index (χ1n) is 21.7. The summed E-state index contributed by atoms with van der Waals surface area (Å²) in [5, 5.41) is 4.17. The van der Waals surface area contributed by atoms with E-state index in [-0.39, 0.29) is 5.41 Å². The van der Waals surface area contributed by atoms with E-state index in [2.05, 4.69) is 115 Å². The lowest BCUT2D eigenvalue weighted by molar-refractivity contribution is 0.353. The van der Waals surface area contributed by atoms with Crippen molar-refractivity contribution in [1.29, 1.82) is 0 Å². The maximum absolute atomic E-state index is 6.18. The van der Waals surface area contributed by atoms with E-state index >= 15 is 0 Å². The normalized spacial score (nSPS) is 14.3. The van der Waals surface area contributed by atoms with Gasteiger partial charge in [-0.05, 0) is 124 Å². The van der Waals surface area contributed by atoms with Crippen LogP contribution in [0, 0.1) is 0 Å². The standard InChI is InChI=1S/C57H39N3O2/c1-8-28-57(29-9-1)48-19-5-2-16-42(48)45-32-38(22-25-49(45)57)36-13-10-12-35(30-36)37-14-11-15-39(31-37)54-58-55(40-23-26-52-46(33-40)43-17-3-6-20-50(43)61-52)60-56(59-54)41-24-27-53-47(34-41)44-18-4-7-21-51(44)62-53/h2-7,10-27,30-34H,1,8-9,28-29H2. The molecule has 294 valence electrons. The van der Waals surface area contributed by atoms with Crippen molar-refractivity contribution in [1.82, 2.24) is 15.0 Å². The average Bonchev–Trinajstić information content (AvgIpc) is 3.99. The largest absolute Gasteiger partial charge is 0.456 e. The number of hydrogen-bond acceptors (Lipinski definition) is 5. The van der Waals surface area contributed by atoms with Crippen LogP contribution in [0.4, 0.5) is 0 Å². The Morgan fingerprint density at radius 1 is 0.323 bits per heavy atom. The van der Waals surface area contributed by atoms with Gasteiger partial charge in [-0.2, -0.15) is 0 Å². The van der Waals surface area contributed by atoms with Crippen LogP contribution >= 0.6 is 0 Å². The van der Waals surface area contributed by atoms with Crippen molar-refractivity contribution in [3.8, 4) is 67.5 Å². The molecule has 1 spiro atoms. The van der Waals surface area contributed by atoms with Crippen molar-refractivity contribution < 1.29 is 8.83 Å². The molecule has 0 aliphatic heterocycles. The summed E-state index contributed by atoms with van der Waals surface area (Å²) in [4.78, 5) is 15.5. The zero-order valence-corrected chi connectivity index (χ0v) is 33.9. The van der Waals surface area contributed by atoms with Crippen LogP contribution < -0.4 is 0 Å². The van der Waals surface area contributed by atoms with Crippen LogP contribution in [-0.2, 0) is 5.41 Å². The number of nitrogens with zero attached hydrogens (tertiary/aromatic N) is 3. The van der Waals surface area contributed by atoms with Crippen LogP contribution in [0.15, 0.2) is 185 Å². The Morgan fingerprint density at radius 3 is 1.39 bits per heavy atom. The minimum Gasteiger partial charge on any atom is -0.456 e. The minimum absolute atomic E-state index is 0.153. The molecule has 11 aromatic rings. The smallest absolute Gasteiger partial charge is 0.164 e. The molecule has 62 heavy (non-hydrogen) atoms. The lowest BCUT2D eigenvalue weighted by Gasteiger charge is -2.36. The molecule has 1 saturated carbocycles. The van der Waals surface area contributed by atoms with E-state index in [1.807, 2.05) is 60.7 Å². The Labute approximate surface area is 358 Å².